The van der Waals surface area contributed by atoms with Gasteiger partial charge in [0, 0.05) is 52.4 Å². The van der Waals surface area contributed by atoms with Crippen molar-refractivity contribution < 1.29 is 4.52 Å². The number of halogens is 1. The molecule has 1 aliphatic heterocycles. The van der Waals surface area contributed by atoms with E-state index >= 15 is 0 Å². The summed E-state index contributed by atoms with van der Waals surface area (Å²) in [5, 5.41) is 11.8. The maximum absolute atomic E-state index is 4.89. The topological polar surface area (TPSA) is 56.9 Å². The fourth-order valence-electron chi connectivity index (χ4n) is 2.75. The third-order valence-corrected chi connectivity index (χ3v) is 4.77. The second-order valence-corrected chi connectivity index (χ2v) is 6.39. The molecule has 132 valence electrons. The number of nitrogens with one attached hydrogen (secondary N) is 1. The summed E-state index contributed by atoms with van der Waals surface area (Å²) in [7, 11) is 1.86. The maximum Gasteiger partial charge on any atom is 0.193 e. The Labute approximate surface area is 163 Å². The second-order valence-electron chi connectivity index (χ2n) is 5.61. The number of guanidine groups is 1. The number of nitrogens with zero attached hydrogens (tertiary/aromatic N) is 4. The van der Waals surface area contributed by atoms with Gasteiger partial charge in [-0.2, -0.15) is 11.3 Å². The largest absolute Gasteiger partial charge is 0.364 e. The monoisotopic (exact) mass is 461 g/mol. The van der Waals surface area contributed by atoms with E-state index in [0.717, 1.165) is 57.3 Å². The van der Waals surface area contributed by atoms with Crippen molar-refractivity contribution in [1.82, 2.24) is 20.3 Å². The SMILES string of the molecule is CN=C(NCCc1ccsc1)N1CCN(Cc2ccon2)CC1.I. The van der Waals surface area contributed by atoms with Crippen molar-refractivity contribution in [3.05, 3.63) is 40.4 Å². The molecule has 3 heterocycles. The molecule has 24 heavy (non-hydrogen) atoms. The van der Waals surface area contributed by atoms with E-state index in [4.69, 9.17) is 4.52 Å². The minimum Gasteiger partial charge on any atom is -0.364 e. The zero-order chi connectivity index (χ0) is 15.9. The highest BCUT2D eigenvalue weighted by Gasteiger charge is 2.20. The Kier molecular flexibility index (Phi) is 8.00. The highest BCUT2D eigenvalue weighted by molar-refractivity contribution is 14.0. The zero-order valence-corrected chi connectivity index (χ0v) is 17.0. The van der Waals surface area contributed by atoms with Crippen LogP contribution in [0.4, 0.5) is 0 Å². The van der Waals surface area contributed by atoms with Gasteiger partial charge < -0.3 is 14.7 Å². The van der Waals surface area contributed by atoms with Gasteiger partial charge in [-0.25, -0.2) is 0 Å². The first-order chi connectivity index (χ1) is 11.3. The lowest BCUT2D eigenvalue weighted by molar-refractivity contribution is 0.169. The third kappa shape index (κ3) is 5.45. The van der Waals surface area contributed by atoms with Crippen molar-refractivity contribution in [2.24, 2.45) is 4.99 Å². The molecular weight excluding hydrogens is 437 g/mol. The van der Waals surface area contributed by atoms with E-state index in [0.29, 0.717) is 0 Å². The molecule has 6 nitrogen and oxygen atoms in total. The van der Waals surface area contributed by atoms with Crippen LogP contribution < -0.4 is 5.32 Å². The molecule has 0 aromatic carbocycles. The molecule has 3 rings (SSSR count). The zero-order valence-electron chi connectivity index (χ0n) is 13.9. The fraction of sp³-hybridized carbons (Fsp3) is 0.500. The van der Waals surface area contributed by atoms with Gasteiger partial charge in [0.15, 0.2) is 5.96 Å². The van der Waals surface area contributed by atoms with E-state index in [2.05, 4.69) is 42.1 Å². The van der Waals surface area contributed by atoms with E-state index in [1.54, 1.807) is 17.6 Å². The molecule has 0 amide bonds. The first-order valence-corrected chi connectivity index (χ1v) is 8.88. The van der Waals surface area contributed by atoms with Crippen molar-refractivity contribution in [2.45, 2.75) is 13.0 Å². The van der Waals surface area contributed by atoms with Crippen molar-refractivity contribution in [3.63, 3.8) is 0 Å². The molecule has 1 saturated heterocycles. The normalized spacial score (nSPS) is 16.0. The van der Waals surface area contributed by atoms with Crippen molar-refractivity contribution in [3.8, 4) is 0 Å². The molecule has 0 spiro atoms. The number of hydrogen-bond acceptors (Lipinski definition) is 5. The van der Waals surface area contributed by atoms with Crippen molar-refractivity contribution in [1.29, 1.82) is 0 Å². The van der Waals surface area contributed by atoms with Crippen molar-refractivity contribution in [2.75, 3.05) is 39.8 Å². The predicted octanol–water partition coefficient (Wildman–Crippen LogP) is 2.29. The van der Waals surface area contributed by atoms with Crippen LogP contribution in [0.3, 0.4) is 0 Å². The van der Waals surface area contributed by atoms with E-state index in [1.165, 1.54) is 5.56 Å². The van der Waals surface area contributed by atoms with E-state index in [-0.39, 0.29) is 24.0 Å². The van der Waals surface area contributed by atoms with Crippen LogP contribution in [-0.4, -0.2) is 60.7 Å². The molecule has 0 atom stereocenters. The van der Waals surface area contributed by atoms with E-state index in [1.807, 2.05) is 13.1 Å². The van der Waals surface area contributed by atoms with Gasteiger partial charge in [-0.3, -0.25) is 9.89 Å². The summed E-state index contributed by atoms with van der Waals surface area (Å²) in [5.41, 5.74) is 2.38. The Balaban J connectivity index is 0.00000208. The molecule has 1 N–H and O–H groups in total. The second kappa shape index (κ2) is 10.00. The summed E-state index contributed by atoms with van der Waals surface area (Å²) in [6.45, 7) is 5.76. The number of aliphatic imine (C=N–C) groups is 1. The number of thiophene rings is 1. The van der Waals surface area contributed by atoms with Crippen molar-refractivity contribution >= 4 is 41.3 Å². The van der Waals surface area contributed by atoms with Crippen LogP contribution in [0.5, 0.6) is 0 Å². The molecule has 2 aromatic rings. The summed E-state index contributed by atoms with van der Waals surface area (Å²) in [6, 6.07) is 4.11. The van der Waals surface area contributed by atoms with Gasteiger partial charge in [0.25, 0.3) is 0 Å². The quantitative estimate of drug-likeness (QED) is 0.421. The van der Waals surface area contributed by atoms with Crippen LogP contribution in [0.1, 0.15) is 11.3 Å². The van der Waals surface area contributed by atoms with Crippen LogP contribution in [0.2, 0.25) is 0 Å². The van der Waals surface area contributed by atoms with Crippen LogP contribution in [0.15, 0.2) is 38.7 Å². The lowest BCUT2D eigenvalue weighted by Gasteiger charge is -2.36. The molecular formula is C16H24IN5OS. The number of rotatable bonds is 5. The summed E-state index contributed by atoms with van der Waals surface area (Å²) in [5.74, 6) is 1.00. The first-order valence-electron chi connectivity index (χ1n) is 7.93. The molecule has 1 fully saturated rings. The minimum absolute atomic E-state index is 0. The first kappa shape index (κ1) is 19.2. The Bertz CT molecular complexity index is 594. The van der Waals surface area contributed by atoms with Crippen LogP contribution >= 0.6 is 35.3 Å². The molecule has 0 aliphatic carbocycles. The van der Waals surface area contributed by atoms with E-state index in [9.17, 15) is 0 Å². The minimum atomic E-state index is 0. The summed E-state index contributed by atoms with van der Waals surface area (Å²) >= 11 is 1.75. The lowest BCUT2D eigenvalue weighted by atomic mass is 10.2. The molecule has 8 heteroatoms. The maximum atomic E-state index is 4.89. The number of aromatic nitrogens is 1. The lowest BCUT2D eigenvalue weighted by Crippen LogP contribution is -2.52. The Morgan fingerprint density at radius 3 is 2.79 bits per heavy atom. The average Bonchev–Trinajstić information content (AvgIpc) is 3.26. The Morgan fingerprint density at radius 2 is 2.17 bits per heavy atom. The average molecular weight is 461 g/mol. The third-order valence-electron chi connectivity index (χ3n) is 4.04. The Morgan fingerprint density at radius 1 is 1.33 bits per heavy atom. The molecule has 1 aliphatic rings. The summed E-state index contributed by atoms with van der Waals surface area (Å²) < 4.78 is 4.89. The highest BCUT2D eigenvalue weighted by Crippen LogP contribution is 2.08. The highest BCUT2D eigenvalue weighted by atomic mass is 127. The molecule has 2 aromatic heterocycles. The summed E-state index contributed by atoms with van der Waals surface area (Å²) in [4.78, 5) is 9.14. The summed E-state index contributed by atoms with van der Waals surface area (Å²) in [6.07, 6.45) is 2.67. The van der Waals surface area contributed by atoms with E-state index < -0.39 is 0 Å². The fourth-order valence-corrected chi connectivity index (χ4v) is 3.45. The molecule has 0 bridgehead atoms. The molecule has 0 saturated carbocycles. The van der Waals surface area contributed by atoms with Crippen LogP contribution in [0, 0.1) is 0 Å². The Hall–Kier alpha value is -1.13. The van der Waals surface area contributed by atoms with Crippen LogP contribution in [-0.2, 0) is 13.0 Å². The number of hydrogen-bond donors (Lipinski definition) is 1. The van der Waals surface area contributed by atoms with Gasteiger partial charge in [-0.1, -0.05) is 5.16 Å². The standard InChI is InChI=1S/C16H23N5OS.HI/c1-17-16(18-5-2-14-4-11-23-13-14)21-8-6-20(7-9-21)12-15-3-10-22-19-15;/h3-4,10-11,13H,2,5-9,12H2,1H3,(H,17,18);1H. The van der Waals surface area contributed by atoms with Gasteiger partial charge >= 0.3 is 0 Å². The van der Waals surface area contributed by atoms with Crippen LogP contribution in [0.25, 0.3) is 0 Å². The predicted molar refractivity (Wildman–Crippen MR) is 108 cm³/mol. The van der Waals surface area contributed by atoms with Gasteiger partial charge in [0.05, 0.1) is 5.69 Å². The smallest absolute Gasteiger partial charge is 0.193 e. The van der Waals surface area contributed by atoms with Gasteiger partial charge in [0.1, 0.15) is 6.26 Å². The van der Waals surface area contributed by atoms with Gasteiger partial charge in [-0.15, -0.1) is 24.0 Å². The molecule has 0 radical (unpaired) electrons. The molecule has 0 unspecified atom stereocenters. The van der Waals surface area contributed by atoms with Gasteiger partial charge in [0.2, 0.25) is 0 Å². The van der Waals surface area contributed by atoms with Gasteiger partial charge in [-0.05, 0) is 28.8 Å². The number of piperazine rings is 1.